The van der Waals surface area contributed by atoms with Gasteiger partial charge in [-0.2, -0.15) is 0 Å². The van der Waals surface area contributed by atoms with Crippen LogP contribution in [0.3, 0.4) is 0 Å². The van der Waals surface area contributed by atoms with Crippen LogP contribution in [0.2, 0.25) is 0 Å². The van der Waals surface area contributed by atoms with Crippen molar-refractivity contribution in [1.29, 1.82) is 0 Å². The molecule has 0 N–H and O–H groups in total. The molecular weight excluding hydrogens is 148 g/mol. The highest BCUT2D eigenvalue weighted by atomic mass is 16.1. The predicted molar refractivity (Wildman–Crippen MR) is 48.8 cm³/mol. The van der Waals surface area contributed by atoms with Gasteiger partial charge < -0.3 is 0 Å². The summed E-state index contributed by atoms with van der Waals surface area (Å²) in [7, 11) is 0. The summed E-state index contributed by atoms with van der Waals surface area (Å²) in [6.07, 6.45) is 8.81. The van der Waals surface area contributed by atoms with Crippen LogP contribution in [0.5, 0.6) is 0 Å². The third-order valence-electron chi connectivity index (χ3n) is 3.43. The third-order valence-corrected chi connectivity index (χ3v) is 3.43. The molecule has 66 valence electrons. The van der Waals surface area contributed by atoms with Crippen molar-refractivity contribution >= 4 is 5.78 Å². The molecule has 2 fully saturated rings. The van der Waals surface area contributed by atoms with Crippen molar-refractivity contribution in [2.75, 3.05) is 0 Å². The highest BCUT2D eigenvalue weighted by Crippen LogP contribution is 2.48. The monoisotopic (exact) mass is 164 g/mol. The van der Waals surface area contributed by atoms with Crippen LogP contribution in [-0.4, -0.2) is 5.78 Å². The fourth-order valence-corrected chi connectivity index (χ4v) is 2.88. The number of ketones is 1. The maximum Gasteiger partial charge on any atom is 0.158 e. The molecule has 0 aliphatic heterocycles. The average Bonchev–Trinajstić information content (AvgIpc) is 2.64. The first-order valence-corrected chi connectivity index (χ1v) is 4.97. The van der Waals surface area contributed by atoms with E-state index in [1.54, 1.807) is 6.08 Å². The van der Waals surface area contributed by atoms with E-state index in [2.05, 4.69) is 0 Å². The number of carbonyl (C=O) groups excluding carboxylic acids is 1. The Bertz CT molecular complexity index is 217. The SMILES string of the molecule is C/C=C/C(=O)[C@H]1C[C@@H]2CC[C@@H]1C2. The summed E-state index contributed by atoms with van der Waals surface area (Å²) in [6.45, 7) is 1.92. The van der Waals surface area contributed by atoms with E-state index >= 15 is 0 Å². The number of allylic oxidation sites excluding steroid dienone is 2. The summed E-state index contributed by atoms with van der Waals surface area (Å²) in [5.74, 6) is 2.39. The van der Waals surface area contributed by atoms with E-state index in [1.807, 2.05) is 13.0 Å². The highest BCUT2D eigenvalue weighted by Gasteiger charge is 2.41. The van der Waals surface area contributed by atoms with Crippen molar-refractivity contribution in [2.24, 2.45) is 17.8 Å². The summed E-state index contributed by atoms with van der Waals surface area (Å²) in [6, 6.07) is 0. The average molecular weight is 164 g/mol. The predicted octanol–water partition coefficient (Wildman–Crippen LogP) is 2.57. The molecule has 2 rings (SSSR count). The molecule has 0 aromatic rings. The molecule has 0 radical (unpaired) electrons. The lowest BCUT2D eigenvalue weighted by Crippen LogP contribution is -2.18. The van der Waals surface area contributed by atoms with Gasteiger partial charge in [0.05, 0.1) is 0 Å². The zero-order chi connectivity index (χ0) is 8.55. The van der Waals surface area contributed by atoms with Crippen molar-refractivity contribution in [3.63, 3.8) is 0 Å². The number of rotatable bonds is 2. The van der Waals surface area contributed by atoms with Crippen molar-refractivity contribution in [1.82, 2.24) is 0 Å². The standard InChI is InChI=1S/C11H16O/c1-2-3-11(12)10-7-8-4-5-9(10)6-8/h2-3,8-10H,4-7H2,1H3/b3-2+/t8-,9-,10+/m1/s1. The van der Waals surface area contributed by atoms with E-state index in [4.69, 9.17) is 0 Å². The zero-order valence-electron chi connectivity index (χ0n) is 7.62. The van der Waals surface area contributed by atoms with Crippen LogP contribution in [-0.2, 0) is 4.79 Å². The minimum absolute atomic E-state index is 0.379. The lowest BCUT2D eigenvalue weighted by atomic mass is 9.85. The third kappa shape index (κ3) is 1.21. The van der Waals surface area contributed by atoms with Gasteiger partial charge in [0.15, 0.2) is 5.78 Å². The number of carbonyl (C=O) groups is 1. The maximum absolute atomic E-state index is 11.5. The van der Waals surface area contributed by atoms with E-state index in [9.17, 15) is 4.79 Å². The Morgan fingerprint density at radius 2 is 2.17 bits per heavy atom. The van der Waals surface area contributed by atoms with Gasteiger partial charge in [0.25, 0.3) is 0 Å². The Morgan fingerprint density at radius 3 is 2.67 bits per heavy atom. The second-order valence-corrected chi connectivity index (χ2v) is 4.18. The Balaban J connectivity index is 2.02. The summed E-state index contributed by atoms with van der Waals surface area (Å²) >= 11 is 0. The van der Waals surface area contributed by atoms with Gasteiger partial charge in [0, 0.05) is 5.92 Å². The van der Waals surface area contributed by atoms with Gasteiger partial charge in [-0.1, -0.05) is 12.5 Å². The molecule has 0 heterocycles. The second kappa shape index (κ2) is 3.04. The first-order chi connectivity index (χ1) is 5.81. The van der Waals surface area contributed by atoms with E-state index in [0.717, 1.165) is 11.8 Å². The van der Waals surface area contributed by atoms with Crippen LogP contribution in [0, 0.1) is 17.8 Å². The molecule has 12 heavy (non-hydrogen) atoms. The maximum atomic E-state index is 11.5. The van der Waals surface area contributed by atoms with E-state index in [0.29, 0.717) is 11.7 Å². The van der Waals surface area contributed by atoms with Crippen LogP contribution in [0.25, 0.3) is 0 Å². The van der Waals surface area contributed by atoms with E-state index in [1.165, 1.54) is 25.7 Å². The molecule has 0 aromatic carbocycles. The van der Waals surface area contributed by atoms with Crippen LogP contribution >= 0.6 is 0 Å². The van der Waals surface area contributed by atoms with Crippen molar-refractivity contribution < 1.29 is 4.79 Å². The second-order valence-electron chi connectivity index (χ2n) is 4.18. The van der Waals surface area contributed by atoms with Crippen LogP contribution in [0.1, 0.15) is 32.6 Å². The van der Waals surface area contributed by atoms with Crippen molar-refractivity contribution in [3.05, 3.63) is 12.2 Å². The summed E-state index contributed by atoms with van der Waals surface area (Å²) in [5.41, 5.74) is 0. The smallest absolute Gasteiger partial charge is 0.158 e. The molecule has 0 saturated heterocycles. The van der Waals surface area contributed by atoms with E-state index in [-0.39, 0.29) is 0 Å². The van der Waals surface area contributed by atoms with Crippen LogP contribution in [0.4, 0.5) is 0 Å². The van der Waals surface area contributed by atoms with Gasteiger partial charge in [0.1, 0.15) is 0 Å². The number of fused-ring (bicyclic) bond motifs is 2. The van der Waals surface area contributed by atoms with Gasteiger partial charge in [-0.05, 0) is 44.1 Å². The first kappa shape index (κ1) is 8.03. The van der Waals surface area contributed by atoms with Crippen LogP contribution in [0.15, 0.2) is 12.2 Å². The van der Waals surface area contributed by atoms with Crippen molar-refractivity contribution in [2.45, 2.75) is 32.6 Å². The molecule has 2 aliphatic rings. The highest BCUT2D eigenvalue weighted by molar-refractivity contribution is 5.92. The molecule has 2 saturated carbocycles. The zero-order valence-corrected chi connectivity index (χ0v) is 7.62. The summed E-state index contributed by atoms with van der Waals surface area (Å²) in [4.78, 5) is 11.5. The Morgan fingerprint density at radius 1 is 1.33 bits per heavy atom. The molecule has 0 spiro atoms. The van der Waals surface area contributed by atoms with Crippen LogP contribution < -0.4 is 0 Å². The van der Waals surface area contributed by atoms with Gasteiger partial charge in [0.2, 0.25) is 0 Å². The Hall–Kier alpha value is -0.590. The minimum Gasteiger partial charge on any atom is -0.295 e. The molecule has 1 nitrogen and oxygen atoms in total. The van der Waals surface area contributed by atoms with Gasteiger partial charge >= 0.3 is 0 Å². The van der Waals surface area contributed by atoms with E-state index < -0.39 is 0 Å². The molecule has 0 aromatic heterocycles. The molecular formula is C11H16O. The Labute approximate surface area is 73.8 Å². The minimum atomic E-state index is 0.379. The molecule has 2 aliphatic carbocycles. The molecule has 0 unspecified atom stereocenters. The van der Waals surface area contributed by atoms with Gasteiger partial charge in [-0.25, -0.2) is 0 Å². The Kier molecular flexibility index (Phi) is 2.03. The van der Waals surface area contributed by atoms with Gasteiger partial charge in [-0.15, -0.1) is 0 Å². The number of hydrogen-bond donors (Lipinski definition) is 0. The summed E-state index contributed by atoms with van der Waals surface area (Å²) in [5, 5.41) is 0. The fraction of sp³-hybridized carbons (Fsp3) is 0.727. The normalized spacial score (nSPS) is 39.6. The molecule has 0 amide bonds. The fourth-order valence-electron chi connectivity index (χ4n) is 2.88. The van der Waals surface area contributed by atoms with Crippen molar-refractivity contribution in [3.8, 4) is 0 Å². The van der Waals surface area contributed by atoms with Gasteiger partial charge in [-0.3, -0.25) is 4.79 Å². The summed E-state index contributed by atoms with van der Waals surface area (Å²) < 4.78 is 0. The topological polar surface area (TPSA) is 17.1 Å². The molecule has 1 heteroatoms. The first-order valence-electron chi connectivity index (χ1n) is 4.97. The quantitative estimate of drug-likeness (QED) is 0.573. The number of hydrogen-bond acceptors (Lipinski definition) is 1. The molecule has 3 atom stereocenters. The lowest BCUT2D eigenvalue weighted by molar-refractivity contribution is -0.119. The largest absolute Gasteiger partial charge is 0.295 e. The lowest BCUT2D eigenvalue weighted by Gasteiger charge is -2.18. The molecule has 2 bridgehead atoms.